The van der Waals surface area contributed by atoms with E-state index in [1.54, 1.807) is 0 Å². The largest absolute Gasteiger partial charge is 0.381 e. The highest BCUT2D eigenvalue weighted by Crippen LogP contribution is 2.35. The minimum absolute atomic E-state index is 0.353. The van der Waals surface area contributed by atoms with Crippen molar-refractivity contribution < 1.29 is 4.74 Å². The Balaban J connectivity index is 1.69. The molecule has 0 unspecified atom stereocenters. The summed E-state index contributed by atoms with van der Waals surface area (Å²) < 4.78 is 5.55. The van der Waals surface area contributed by atoms with Crippen molar-refractivity contribution in [1.29, 1.82) is 0 Å². The van der Waals surface area contributed by atoms with E-state index >= 15 is 0 Å². The zero-order valence-corrected chi connectivity index (χ0v) is 12.1. The second kappa shape index (κ2) is 5.82. The Labute approximate surface area is 120 Å². The molecule has 2 fully saturated rings. The number of hydrogen-bond donors (Lipinski definition) is 1. The Bertz CT molecular complexity index is 425. The van der Waals surface area contributed by atoms with Gasteiger partial charge in [-0.1, -0.05) is 23.7 Å². The lowest BCUT2D eigenvalue weighted by atomic mass is 9.75. The lowest BCUT2D eigenvalue weighted by Crippen LogP contribution is -2.41. The first kappa shape index (κ1) is 13.4. The maximum absolute atomic E-state index is 6.11. The summed E-state index contributed by atoms with van der Waals surface area (Å²) in [6, 6.07) is 9.08. The lowest BCUT2D eigenvalue weighted by molar-refractivity contribution is 0.0147. The number of rotatable bonds is 5. The topological polar surface area (TPSA) is 21.3 Å². The molecule has 19 heavy (non-hydrogen) atoms. The third-order valence-electron chi connectivity index (χ3n) is 4.36. The van der Waals surface area contributed by atoms with Gasteiger partial charge in [0, 0.05) is 30.8 Å². The highest BCUT2D eigenvalue weighted by molar-refractivity contribution is 6.30. The summed E-state index contributed by atoms with van der Waals surface area (Å²) in [5, 5.41) is 4.56. The van der Waals surface area contributed by atoms with Crippen LogP contribution in [0.25, 0.3) is 0 Å². The van der Waals surface area contributed by atoms with Crippen molar-refractivity contribution in [2.75, 3.05) is 19.8 Å². The summed E-state index contributed by atoms with van der Waals surface area (Å²) in [7, 11) is 0. The third kappa shape index (κ3) is 3.71. The molecule has 0 bridgehead atoms. The molecule has 1 aliphatic heterocycles. The van der Waals surface area contributed by atoms with Crippen molar-refractivity contribution in [3.63, 3.8) is 0 Å². The van der Waals surface area contributed by atoms with Crippen LogP contribution in [0.15, 0.2) is 24.3 Å². The summed E-state index contributed by atoms with van der Waals surface area (Å²) >= 11 is 6.11. The molecule has 3 heteroatoms. The summed E-state index contributed by atoms with van der Waals surface area (Å²) in [6.45, 7) is 2.91. The second-order valence-corrected chi connectivity index (χ2v) is 6.51. The molecule has 2 nitrogen and oxygen atoms in total. The molecule has 1 aliphatic carbocycles. The van der Waals surface area contributed by atoms with Crippen LogP contribution in [0.3, 0.4) is 0 Å². The van der Waals surface area contributed by atoms with Crippen molar-refractivity contribution in [3.8, 4) is 0 Å². The van der Waals surface area contributed by atoms with Gasteiger partial charge < -0.3 is 10.1 Å². The van der Waals surface area contributed by atoms with Gasteiger partial charge in [-0.25, -0.2) is 0 Å². The van der Waals surface area contributed by atoms with Crippen LogP contribution in [-0.2, 0) is 11.2 Å². The highest BCUT2D eigenvalue weighted by Gasteiger charge is 2.34. The van der Waals surface area contributed by atoms with Crippen LogP contribution >= 0.6 is 11.6 Å². The van der Waals surface area contributed by atoms with Crippen LogP contribution in [-0.4, -0.2) is 25.8 Å². The van der Waals surface area contributed by atoms with Gasteiger partial charge in [0.1, 0.15) is 0 Å². The van der Waals surface area contributed by atoms with E-state index in [1.807, 2.05) is 6.07 Å². The highest BCUT2D eigenvalue weighted by atomic mass is 35.5. The number of hydrogen-bond acceptors (Lipinski definition) is 2. The number of nitrogens with one attached hydrogen (secondary N) is 1. The summed E-state index contributed by atoms with van der Waals surface area (Å²) in [4.78, 5) is 0. The van der Waals surface area contributed by atoms with Crippen LogP contribution in [0.2, 0.25) is 5.02 Å². The fraction of sp³-hybridized carbons (Fsp3) is 0.625. The van der Waals surface area contributed by atoms with Gasteiger partial charge >= 0.3 is 0 Å². The van der Waals surface area contributed by atoms with Crippen molar-refractivity contribution in [3.05, 3.63) is 34.9 Å². The van der Waals surface area contributed by atoms with Gasteiger partial charge in [-0.05, 0) is 55.2 Å². The first-order valence-electron chi connectivity index (χ1n) is 7.31. The third-order valence-corrected chi connectivity index (χ3v) is 4.60. The summed E-state index contributed by atoms with van der Waals surface area (Å²) in [6.07, 6.45) is 6.11. The van der Waals surface area contributed by atoms with Crippen LogP contribution < -0.4 is 5.32 Å². The van der Waals surface area contributed by atoms with Gasteiger partial charge in [-0.3, -0.25) is 0 Å². The normalized spacial score (nSPS) is 22.4. The zero-order chi connectivity index (χ0) is 13.1. The molecule has 3 rings (SSSR count). The molecule has 0 aromatic heterocycles. The molecular formula is C16H22ClNO. The molecule has 1 saturated carbocycles. The number of benzene rings is 1. The minimum Gasteiger partial charge on any atom is -0.381 e. The SMILES string of the molecule is Clc1cccc(CC2(CNC3CC3)CCOCC2)c1. The van der Waals surface area contributed by atoms with Gasteiger partial charge in [0.05, 0.1) is 0 Å². The molecule has 104 valence electrons. The van der Waals surface area contributed by atoms with E-state index in [9.17, 15) is 0 Å². The molecule has 2 aliphatic rings. The van der Waals surface area contributed by atoms with Gasteiger partial charge in [0.2, 0.25) is 0 Å². The Hall–Kier alpha value is -0.570. The average molecular weight is 280 g/mol. The first-order chi connectivity index (χ1) is 9.26. The monoisotopic (exact) mass is 279 g/mol. The molecular weight excluding hydrogens is 258 g/mol. The van der Waals surface area contributed by atoms with E-state index < -0.39 is 0 Å². The van der Waals surface area contributed by atoms with Crippen molar-refractivity contribution >= 4 is 11.6 Å². The number of halogens is 1. The van der Waals surface area contributed by atoms with E-state index in [0.29, 0.717) is 5.41 Å². The van der Waals surface area contributed by atoms with Crippen molar-refractivity contribution in [2.24, 2.45) is 5.41 Å². The van der Waals surface area contributed by atoms with Crippen LogP contribution in [0.1, 0.15) is 31.2 Å². The minimum atomic E-state index is 0.353. The van der Waals surface area contributed by atoms with Crippen LogP contribution in [0, 0.1) is 5.41 Å². The molecule has 1 aromatic rings. The van der Waals surface area contributed by atoms with Gasteiger partial charge in [-0.2, -0.15) is 0 Å². The Morgan fingerprint density at radius 1 is 1.26 bits per heavy atom. The second-order valence-electron chi connectivity index (χ2n) is 6.07. The molecule has 0 amide bonds. The predicted octanol–water partition coefficient (Wildman–Crippen LogP) is 3.43. The summed E-state index contributed by atoms with van der Waals surface area (Å²) in [5.41, 5.74) is 1.71. The van der Waals surface area contributed by atoms with E-state index in [1.165, 1.54) is 18.4 Å². The van der Waals surface area contributed by atoms with Crippen LogP contribution in [0.5, 0.6) is 0 Å². The van der Waals surface area contributed by atoms with Gasteiger partial charge in [0.15, 0.2) is 0 Å². The fourth-order valence-corrected chi connectivity index (χ4v) is 3.16. The van der Waals surface area contributed by atoms with Gasteiger partial charge in [0.25, 0.3) is 0 Å². The summed E-state index contributed by atoms with van der Waals surface area (Å²) in [5.74, 6) is 0. The predicted molar refractivity (Wildman–Crippen MR) is 78.7 cm³/mol. The Kier molecular flexibility index (Phi) is 4.11. The fourth-order valence-electron chi connectivity index (χ4n) is 2.95. The van der Waals surface area contributed by atoms with Crippen molar-refractivity contribution in [1.82, 2.24) is 5.32 Å². The van der Waals surface area contributed by atoms with E-state index in [2.05, 4.69) is 23.5 Å². The zero-order valence-electron chi connectivity index (χ0n) is 11.3. The van der Waals surface area contributed by atoms with Crippen molar-refractivity contribution in [2.45, 2.75) is 38.1 Å². The maximum Gasteiger partial charge on any atom is 0.0471 e. The molecule has 0 spiro atoms. The Morgan fingerprint density at radius 2 is 2.05 bits per heavy atom. The van der Waals surface area contributed by atoms with Gasteiger partial charge in [-0.15, -0.1) is 0 Å². The van der Waals surface area contributed by atoms with E-state index in [-0.39, 0.29) is 0 Å². The van der Waals surface area contributed by atoms with E-state index in [4.69, 9.17) is 16.3 Å². The lowest BCUT2D eigenvalue weighted by Gasteiger charge is -2.38. The maximum atomic E-state index is 6.11. The van der Waals surface area contributed by atoms with Crippen LogP contribution in [0.4, 0.5) is 0 Å². The smallest absolute Gasteiger partial charge is 0.0471 e. The standard InChI is InChI=1S/C16H22ClNO/c17-14-3-1-2-13(10-14)11-16(6-8-19-9-7-16)12-18-15-4-5-15/h1-3,10,15,18H,4-9,11-12H2. The molecule has 1 heterocycles. The average Bonchev–Trinajstić information content (AvgIpc) is 3.22. The molecule has 1 aromatic carbocycles. The first-order valence-corrected chi connectivity index (χ1v) is 7.69. The molecule has 1 N–H and O–H groups in total. The molecule has 0 radical (unpaired) electrons. The number of ether oxygens (including phenoxy) is 1. The molecule has 0 atom stereocenters. The van der Waals surface area contributed by atoms with E-state index in [0.717, 1.165) is 50.1 Å². The molecule has 1 saturated heterocycles. The Morgan fingerprint density at radius 3 is 2.74 bits per heavy atom. The quantitative estimate of drug-likeness (QED) is 0.892.